The summed E-state index contributed by atoms with van der Waals surface area (Å²) < 4.78 is 5.89. The van der Waals surface area contributed by atoms with Crippen LogP contribution < -0.4 is 15.0 Å². The van der Waals surface area contributed by atoms with Gasteiger partial charge in [0.05, 0.1) is 26.6 Å². The van der Waals surface area contributed by atoms with E-state index in [2.05, 4.69) is 5.32 Å². The van der Waals surface area contributed by atoms with E-state index in [0.29, 0.717) is 23.7 Å². The lowest BCUT2D eigenvalue weighted by molar-refractivity contribution is -0.384. The van der Waals surface area contributed by atoms with E-state index >= 15 is 0 Å². The number of ether oxygens (including phenoxy) is 1. The van der Waals surface area contributed by atoms with E-state index in [1.54, 1.807) is 23.1 Å². The van der Waals surface area contributed by atoms with E-state index in [4.69, 9.17) is 16.3 Å². The van der Waals surface area contributed by atoms with Gasteiger partial charge in [-0.05, 0) is 44.0 Å². The van der Waals surface area contributed by atoms with Gasteiger partial charge in [-0.25, -0.2) is 0 Å². The van der Waals surface area contributed by atoms with Crippen LogP contribution >= 0.6 is 11.6 Å². The van der Waals surface area contributed by atoms with Crippen LogP contribution in [0.1, 0.15) is 38.1 Å². The highest BCUT2D eigenvalue weighted by atomic mass is 35.5. The van der Waals surface area contributed by atoms with E-state index in [1.807, 2.05) is 27.7 Å². The molecule has 0 spiro atoms. The predicted molar refractivity (Wildman–Crippen MR) is 119 cm³/mol. The number of nitro benzene ring substituents is 1. The van der Waals surface area contributed by atoms with Crippen molar-refractivity contribution >= 4 is 40.5 Å². The number of carbonyl (C=O) groups excluding carboxylic acids is 2. The van der Waals surface area contributed by atoms with Crippen LogP contribution in [0.3, 0.4) is 0 Å². The summed E-state index contributed by atoms with van der Waals surface area (Å²) in [6.45, 7) is 8.48. The SMILES string of the molecule is CC(C)CN1C(=O)C(C)(C)COc2ccc(NC(=O)c3ccc([N+](=O)[O-])cc3Cl)cc21. The Labute approximate surface area is 185 Å². The van der Waals surface area contributed by atoms with Crippen LogP contribution in [0, 0.1) is 21.4 Å². The van der Waals surface area contributed by atoms with E-state index < -0.39 is 16.2 Å². The molecule has 1 N–H and O–H groups in total. The second-order valence-corrected chi connectivity index (χ2v) is 8.95. The monoisotopic (exact) mass is 445 g/mol. The molecule has 164 valence electrons. The Hall–Kier alpha value is -3.13. The molecule has 0 saturated heterocycles. The molecule has 0 bridgehead atoms. The fraction of sp³-hybridized carbons (Fsp3) is 0.364. The molecular formula is C22H24ClN3O5. The minimum absolute atomic E-state index is 0.0249. The number of non-ortho nitro benzene ring substituents is 1. The normalized spacial score (nSPS) is 15.2. The molecule has 2 aromatic carbocycles. The van der Waals surface area contributed by atoms with Crippen molar-refractivity contribution in [1.82, 2.24) is 0 Å². The van der Waals surface area contributed by atoms with Crippen molar-refractivity contribution < 1.29 is 19.2 Å². The third kappa shape index (κ3) is 4.80. The number of halogens is 1. The van der Waals surface area contributed by atoms with Gasteiger partial charge in [-0.1, -0.05) is 25.4 Å². The summed E-state index contributed by atoms with van der Waals surface area (Å²) in [7, 11) is 0. The maximum atomic E-state index is 13.1. The first-order chi connectivity index (χ1) is 14.5. The van der Waals surface area contributed by atoms with E-state index in [-0.39, 0.29) is 34.7 Å². The van der Waals surface area contributed by atoms with Crippen LogP contribution in [0.25, 0.3) is 0 Å². The number of benzene rings is 2. The highest BCUT2D eigenvalue weighted by Crippen LogP contribution is 2.39. The first kappa shape index (κ1) is 22.6. The van der Waals surface area contributed by atoms with Crippen LogP contribution in [-0.4, -0.2) is 29.9 Å². The summed E-state index contributed by atoms with van der Waals surface area (Å²) in [6.07, 6.45) is 0. The molecule has 1 aliphatic rings. The average Bonchev–Trinajstić information content (AvgIpc) is 2.77. The fourth-order valence-electron chi connectivity index (χ4n) is 3.27. The van der Waals surface area contributed by atoms with Crippen molar-refractivity contribution in [2.75, 3.05) is 23.4 Å². The molecule has 0 radical (unpaired) electrons. The Morgan fingerprint density at radius 2 is 2.00 bits per heavy atom. The molecule has 2 amide bonds. The second kappa shape index (κ2) is 8.55. The molecule has 0 unspecified atom stereocenters. The smallest absolute Gasteiger partial charge is 0.270 e. The quantitative estimate of drug-likeness (QED) is 0.520. The zero-order chi connectivity index (χ0) is 22.9. The van der Waals surface area contributed by atoms with Crippen LogP contribution in [0.2, 0.25) is 5.02 Å². The third-order valence-electron chi connectivity index (χ3n) is 4.88. The van der Waals surface area contributed by atoms with Gasteiger partial charge in [-0.2, -0.15) is 0 Å². The predicted octanol–water partition coefficient (Wildman–Crippen LogP) is 4.91. The molecule has 0 aromatic heterocycles. The van der Waals surface area contributed by atoms with E-state index in [0.717, 1.165) is 6.07 Å². The highest BCUT2D eigenvalue weighted by Gasteiger charge is 2.38. The number of carbonyl (C=O) groups is 2. The number of fused-ring (bicyclic) bond motifs is 1. The number of amides is 2. The van der Waals surface area contributed by atoms with Gasteiger partial charge in [-0.3, -0.25) is 19.7 Å². The number of rotatable bonds is 5. The number of nitrogens with one attached hydrogen (secondary N) is 1. The molecule has 9 heteroatoms. The average molecular weight is 446 g/mol. The summed E-state index contributed by atoms with van der Waals surface area (Å²) in [5, 5.41) is 13.6. The molecule has 8 nitrogen and oxygen atoms in total. The Balaban J connectivity index is 1.93. The van der Waals surface area contributed by atoms with Crippen LogP contribution in [0.15, 0.2) is 36.4 Å². The van der Waals surface area contributed by atoms with Gasteiger partial charge in [-0.15, -0.1) is 0 Å². The lowest BCUT2D eigenvalue weighted by Crippen LogP contribution is -2.43. The van der Waals surface area contributed by atoms with Crippen molar-refractivity contribution in [3.8, 4) is 5.75 Å². The Morgan fingerprint density at radius 1 is 1.29 bits per heavy atom. The lowest BCUT2D eigenvalue weighted by Gasteiger charge is -2.29. The van der Waals surface area contributed by atoms with Crippen molar-refractivity contribution in [1.29, 1.82) is 0 Å². The summed E-state index contributed by atoms with van der Waals surface area (Å²) in [5.41, 5.74) is 0.243. The van der Waals surface area contributed by atoms with Gasteiger partial charge in [0.15, 0.2) is 0 Å². The zero-order valence-corrected chi connectivity index (χ0v) is 18.5. The third-order valence-corrected chi connectivity index (χ3v) is 5.19. The summed E-state index contributed by atoms with van der Waals surface area (Å²) >= 11 is 6.06. The topological polar surface area (TPSA) is 102 Å². The van der Waals surface area contributed by atoms with Crippen LogP contribution in [0.4, 0.5) is 17.1 Å². The number of hydrogen-bond acceptors (Lipinski definition) is 5. The van der Waals surface area contributed by atoms with Crippen LogP contribution in [0.5, 0.6) is 5.75 Å². The van der Waals surface area contributed by atoms with Crippen molar-refractivity contribution in [3.63, 3.8) is 0 Å². The van der Waals surface area contributed by atoms with E-state index in [9.17, 15) is 19.7 Å². The van der Waals surface area contributed by atoms with Gasteiger partial charge in [0, 0.05) is 24.4 Å². The number of hydrogen-bond donors (Lipinski definition) is 1. The van der Waals surface area contributed by atoms with Gasteiger partial charge in [0.2, 0.25) is 5.91 Å². The molecule has 0 saturated carbocycles. The summed E-state index contributed by atoms with van der Waals surface area (Å²) in [4.78, 5) is 37.8. The van der Waals surface area contributed by atoms with Crippen LogP contribution in [-0.2, 0) is 4.79 Å². The summed E-state index contributed by atoms with van der Waals surface area (Å²) in [5.74, 6) is 0.215. The maximum absolute atomic E-state index is 13.1. The van der Waals surface area contributed by atoms with Gasteiger partial charge in [0.1, 0.15) is 12.4 Å². The highest BCUT2D eigenvalue weighted by molar-refractivity contribution is 6.34. The van der Waals surface area contributed by atoms with Gasteiger partial charge < -0.3 is 15.0 Å². The van der Waals surface area contributed by atoms with Gasteiger partial charge in [0.25, 0.3) is 11.6 Å². The minimum Gasteiger partial charge on any atom is -0.490 e. The lowest BCUT2D eigenvalue weighted by atomic mass is 9.92. The fourth-order valence-corrected chi connectivity index (χ4v) is 3.53. The molecule has 0 aliphatic carbocycles. The molecule has 31 heavy (non-hydrogen) atoms. The molecule has 0 fully saturated rings. The molecule has 0 atom stereocenters. The van der Waals surface area contributed by atoms with E-state index in [1.165, 1.54) is 12.1 Å². The first-order valence-corrected chi connectivity index (χ1v) is 10.2. The second-order valence-electron chi connectivity index (χ2n) is 8.54. The molecule has 3 rings (SSSR count). The van der Waals surface area contributed by atoms with Crippen molar-refractivity contribution in [2.24, 2.45) is 11.3 Å². The Kier molecular flexibility index (Phi) is 6.22. The molecule has 2 aromatic rings. The number of nitro groups is 1. The Morgan fingerprint density at radius 3 is 2.61 bits per heavy atom. The first-order valence-electron chi connectivity index (χ1n) is 9.83. The standard InChI is InChI=1S/C22H24ClN3O5/c1-13(2)11-25-18-9-14(5-8-19(18)31-12-22(3,4)21(25)28)24-20(27)16-7-6-15(26(29)30)10-17(16)23/h5-10,13H,11-12H2,1-4H3,(H,24,27). The largest absolute Gasteiger partial charge is 0.490 e. The minimum atomic E-state index is -0.691. The Bertz CT molecular complexity index is 1050. The summed E-state index contributed by atoms with van der Waals surface area (Å²) in [6, 6.07) is 8.73. The molecular weight excluding hydrogens is 422 g/mol. The molecule has 1 heterocycles. The van der Waals surface area contributed by atoms with Gasteiger partial charge >= 0.3 is 0 Å². The van der Waals surface area contributed by atoms with Crippen molar-refractivity contribution in [2.45, 2.75) is 27.7 Å². The van der Waals surface area contributed by atoms with Crippen molar-refractivity contribution in [3.05, 3.63) is 57.1 Å². The molecule has 1 aliphatic heterocycles. The number of nitrogens with zero attached hydrogens (tertiary/aromatic N) is 2. The maximum Gasteiger partial charge on any atom is 0.270 e. The zero-order valence-electron chi connectivity index (χ0n) is 17.8. The number of anilines is 2.